The van der Waals surface area contributed by atoms with Gasteiger partial charge in [0.05, 0.1) is 5.69 Å². The van der Waals surface area contributed by atoms with Gasteiger partial charge >= 0.3 is 0 Å². The molecule has 1 aliphatic heterocycles. The van der Waals surface area contributed by atoms with Crippen LogP contribution >= 0.6 is 0 Å². The van der Waals surface area contributed by atoms with Gasteiger partial charge in [0.2, 0.25) is 5.91 Å². The van der Waals surface area contributed by atoms with E-state index in [0.717, 1.165) is 51.4 Å². The van der Waals surface area contributed by atoms with E-state index in [1.165, 1.54) is 16.8 Å². The van der Waals surface area contributed by atoms with Crippen molar-refractivity contribution in [2.75, 3.05) is 26.2 Å². The second-order valence-electron chi connectivity index (χ2n) is 8.24. The van der Waals surface area contributed by atoms with Gasteiger partial charge in [0.25, 0.3) is 0 Å². The molecule has 1 amide bonds. The number of aromatic nitrogens is 3. The molecule has 28 heavy (non-hydrogen) atoms. The first-order valence-corrected chi connectivity index (χ1v) is 10.4. The Morgan fingerprint density at radius 3 is 2.43 bits per heavy atom. The van der Waals surface area contributed by atoms with Crippen molar-refractivity contribution in [3.8, 4) is 0 Å². The summed E-state index contributed by atoms with van der Waals surface area (Å²) in [6.07, 6.45) is 5.02. The number of hydrogen-bond acceptors (Lipinski definition) is 4. The molecular weight excluding hydrogens is 350 g/mol. The molecule has 3 rings (SSSR count). The summed E-state index contributed by atoms with van der Waals surface area (Å²) in [5.74, 6) is 0.829. The van der Waals surface area contributed by atoms with Gasteiger partial charge in [0, 0.05) is 63.8 Å². The Hall–Kier alpha value is -2.21. The van der Waals surface area contributed by atoms with Crippen molar-refractivity contribution in [2.24, 2.45) is 5.92 Å². The Morgan fingerprint density at radius 1 is 1.11 bits per heavy atom. The molecule has 0 bridgehead atoms. The monoisotopic (exact) mass is 383 g/mol. The van der Waals surface area contributed by atoms with E-state index >= 15 is 0 Å². The Morgan fingerprint density at radius 2 is 1.79 bits per heavy atom. The Kier molecular flexibility index (Phi) is 6.83. The average Bonchev–Trinajstić information content (AvgIpc) is 2.93. The smallest absolute Gasteiger partial charge is 0.222 e. The predicted octanol–water partition coefficient (Wildman–Crippen LogP) is 2.83. The lowest BCUT2D eigenvalue weighted by Gasteiger charge is -2.34. The van der Waals surface area contributed by atoms with E-state index in [1.54, 1.807) is 0 Å². The topological polar surface area (TPSA) is 54.3 Å². The first-order chi connectivity index (χ1) is 13.4. The lowest BCUT2D eigenvalue weighted by Crippen LogP contribution is -2.48. The maximum Gasteiger partial charge on any atom is 0.222 e. The van der Waals surface area contributed by atoms with Crippen molar-refractivity contribution >= 4 is 5.91 Å². The third kappa shape index (κ3) is 5.19. The van der Waals surface area contributed by atoms with E-state index < -0.39 is 0 Å². The number of amides is 1. The standard InChI is InChI=1S/C22H33N5O/c1-17(2)15-27-19(4)21(18(3)24-27)5-6-22(28)26-13-11-25(12-14-26)16-20-7-9-23-10-8-20/h7-10,17H,5-6,11-16H2,1-4H3. The SMILES string of the molecule is Cc1nn(CC(C)C)c(C)c1CCC(=O)N1CCN(Cc2ccncc2)CC1. The lowest BCUT2D eigenvalue weighted by molar-refractivity contribution is -0.133. The zero-order valence-electron chi connectivity index (χ0n) is 17.7. The minimum Gasteiger partial charge on any atom is -0.340 e. The lowest BCUT2D eigenvalue weighted by atomic mass is 10.1. The minimum absolute atomic E-state index is 0.263. The molecule has 2 aromatic rings. The summed E-state index contributed by atoms with van der Waals surface area (Å²) in [5.41, 5.74) is 4.79. The highest BCUT2D eigenvalue weighted by atomic mass is 16.2. The number of carbonyl (C=O) groups is 1. The van der Waals surface area contributed by atoms with E-state index in [-0.39, 0.29) is 5.91 Å². The third-order valence-electron chi connectivity index (χ3n) is 5.54. The summed E-state index contributed by atoms with van der Waals surface area (Å²) in [7, 11) is 0. The first-order valence-electron chi connectivity index (χ1n) is 10.4. The zero-order chi connectivity index (χ0) is 20.1. The van der Waals surface area contributed by atoms with Crippen LogP contribution in [0, 0.1) is 19.8 Å². The van der Waals surface area contributed by atoms with Gasteiger partial charge in [0.15, 0.2) is 0 Å². The summed E-state index contributed by atoms with van der Waals surface area (Å²) in [4.78, 5) is 21.2. The number of rotatable bonds is 7. The van der Waals surface area contributed by atoms with Gasteiger partial charge < -0.3 is 4.90 Å². The molecule has 0 N–H and O–H groups in total. The van der Waals surface area contributed by atoms with Crippen molar-refractivity contribution in [2.45, 2.75) is 53.6 Å². The highest BCUT2D eigenvalue weighted by Crippen LogP contribution is 2.17. The van der Waals surface area contributed by atoms with Gasteiger partial charge in [-0.3, -0.25) is 19.4 Å². The van der Waals surface area contributed by atoms with E-state index in [1.807, 2.05) is 17.3 Å². The van der Waals surface area contributed by atoms with Crippen molar-refractivity contribution in [3.63, 3.8) is 0 Å². The Balaban J connectivity index is 1.48. The summed E-state index contributed by atoms with van der Waals surface area (Å²) < 4.78 is 2.09. The molecule has 2 aromatic heterocycles. The quantitative estimate of drug-likeness (QED) is 0.738. The molecule has 0 atom stereocenters. The highest BCUT2D eigenvalue weighted by Gasteiger charge is 2.22. The number of aryl methyl sites for hydroxylation is 1. The van der Waals surface area contributed by atoms with Crippen LogP contribution in [0.2, 0.25) is 0 Å². The van der Waals surface area contributed by atoms with Crippen LogP contribution in [0.25, 0.3) is 0 Å². The second kappa shape index (κ2) is 9.32. The maximum atomic E-state index is 12.7. The van der Waals surface area contributed by atoms with Crippen LogP contribution in [0.4, 0.5) is 0 Å². The molecule has 0 aromatic carbocycles. The molecule has 0 aliphatic carbocycles. The fourth-order valence-electron chi connectivity index (χ4n) is 3.91. The van der Waals surface area contributed by atoms with Crippen molar-refractivity contribution in [1.82, 2.24) is 24.6 Å². The molecule has 1 aliphatic rings. The van der Waals surface area contributed by atoms with Gasteiger partial charge in [-0.2, -0.15) is 5.10 Å². The zero-order valence-corrected chi connectivity index (χ0v) is 17.7. The molecule has 0 radical (unpaired) electrons. The number of carbonyl (C=O) groups excluding carboxylic acids is 1. The van der Waals surface area contributed by atoms with Crippen molar-refractivity contribution in [3.05, 3.63) is 47.0 Å². The van der Waals surface area contributed by atoms with E-state index in [0.29, 0.717) is 12.3 Å². The van der Waals surface area contributed by atoms with Crippen LogP contribution in [-0.2, 0) is 24.3 Å². The van der Waals surface area contributed by atoms with Gasteiger partial charge in [0.1, 0.15) is 0 Å². The van der Waals surface area contributed by atoms with Crippen LogP contribution in [0.1, 0.15) is 42.8 Å². The molecule has 0 saturated carbocycles. The summed E-state index contributed by atoms with van der Waals surface area (Å²) in [6.45, 7) is 13.9. The summed E-state index contributed by atoms with van der Waals surface area (Å²) >= 11 is 0. The second-order valence-corrected chi connectivity index (χ2v) is 8.24. The van der Waals surface area contributed by atoms with Gasteiger partial charge in [-0.1, -0.05) is 13.8 Å². The molecule has 0 spiro atoms. The van der Waals surface area contributed by atoms with Gasteiger partial charge in [-0.15, -0.1) is 0 Å². The largest absolute Gasteiger partial charge is 0.340 e. The predicted molar refractivity (Wildman–Crippen MR) is 111 cm³/mol. The molecule has 6 heteroatoms. The maximum absolute atomic E-state index is 12.7. The van der Waals surface area contributed by atoms with Crippen molar-refractivity contribution in [1.29, 1.82) is 0 Å². The minimum atomic E-state index is 0.263. The Labute approximate surface area is 168 Å². The van der Waals surface area contributed by atoms with Crippen LogP contribution < -0.4 is 0 Å². The van der Waals surface area contributed by atoms with Crippen LogP contribution in [0.5, 0.6) is 0 Å². The van der Waals surface area contributed by atoms with Crippen LogP contribution in [-0.4, -0.2) is 56.7 Å². The summed E-state index contributed by atoms with van der Waals surface area (Å²) in [5, 5.41) is 4.67. The summed E-state index contributed by atoms with van der Waals surface area (Å²) in [6, 6.07) is 4.11. The van der Waals surface area contributed by atoms with Crippen molar-refractivity contribution < 1.29 is 4.79 Å². The average molecular weight is 384 g/mol. The van der Waals surface area contributed by atoms with Gasteiger partial charge in [-0.25, -0.2) is 0 Å². The number of hydrogen-bond donors (Lipinski definition) is 0. The fraction of sp³-hybridized carbons (Fsp3) is 0.591. The number of nitrogens with zero attached hydrogens (tertiary/aromatic N) is 5. The van der Waals surface area contributed by atoms with Gasteiger partial charge in [-0.05, 0) is 49.4 Å². The van der Waals surface area contributed by atoms with E-state index in [9.17, 15) is 4.79 Å². The molecule has 1 fully saturated rings. The van der Waals surface area contributed by atoms with E-state index in [2.05, 4.69) is 59.5 Å². The molecule has 0 unspecified atom stereocenters. The first kappa shape index (κ1) is 20.5. The normalized spacial score (nSPS) is 15.4. The van der Waals surface area contributed by atoms with Crippen LogP contribution in [0.3, 0.4) is 0 Å². The highest BCUT2D eigenvalue weighted by molar-refractivity contribution is 5.76. The molecule has 1 saturated heterocycles. The van der Waals surface area contributed by atoms with Crippen LogP contribution in [0.15, 0.2) is 24.5 Å². The number of pyridine rings is 1. The van der Waals surface area contributed by atoms with E-state index in [4.69, 9.17) is 0 Å². The molecular formula is C22H33N5O. The fourth-order valence-corrected chi connectivity index (χ4v) is 3.91. The molecule has 6 nitrogen and oxygen atoms in total. The number of piperazine rings is 1. The molecule has 152 valence electrons. The Bertz CT molecular complexity index is 776. The third-order valence-corrected chi connectivity index (χ3v) is 5.54. The molecule has 3 heterocycles.